The summed E-state index contributed by atoms with van der Waals surface area (Å²) in [6, 6.07) is 24.3. The second-order valence-corrected chi connectivity index (χ2v) is 12.0. The molecule has 0 aliphatic rings. The number of hydrogen-bond acceptors (Lipinski definition) is 4. The molecule has 4 aromatic carbocycles. The van der Waals surface area contributed by atoms with Crippen molar-refractivity contribution >= 4 is 53.4 Å². The lowest BCUT2D eigenvalue weighted by Crippen LogP contribution is -2.04. The van der Waals surface area contributed by atoms with E-state index in [2.05, 4.69) is 58.0 Å². The molecule has 0 aliphatic heterocycles. The third kappa shape index (κ3) is 4.68. The molecule has 0 fully saturated rings. The summed E-state index contributed by atoms with van der Waals surface area (Å²) < 4.78 is 8.27. The molecule has 0 radical (unpaired) electrons. The Bertz CT molecular complexity index is 2000. The second kappa shape index (κ2) is 10.1. The van der Waals surface area contributed by atoms with Gasteiger partial charge in [0.1, 0.15) is 11.2 Å². The zero-order valence-electron chi connectivity index (χ0n) is 22.8. The number of rotatable bonds is 6. The summed E-state index contributed by atoms with van der Waals surface area (Å²) in [7, 11) is 0. The highest BCUT2D eigenvalue weighted by Crippen LogP contribution is 2.30. The summed E-state index contributed by atoms with van der Waals surface area (Å²) >= 11 is 1.68. The zero-order chi connectivity index (χ0) is 27.3. The Morgan fingerprint density at radius 2 is 1.41 bits per heavy atom. The molecule has 2 atom stereocenters. The van der Waals surface area contributed by atoms with Crippen LogP contribution in [-0.2, 0) is 6.42 Å². The van der Waals surface area contributed by atoms with E-state index in [0.29, 0.717) is 27.9 Å². The van der Waals surface area contributed by atoms with E-state index >= 15 is 0 Å². The van der Waals surface area contributed by atoms with Gasteiger partial charge in [-0.15, -0.1) is 11.3 Å². The number of fused-ring (bicyclic) bond motifs is 4. The Hall–Kier alpha value is -3.76. The molecule has 196 valence electrons. The Balaban J connectivity index is 1.27. The Kier molecular flexibility index (Phi) is 6.60. The summed E-state index contributed by atoms with van der Waals surface area (Å²) in [6.07, 6.45) is 2.81. The van der Waals surface area contributed by atoms with Gasteiger partial charge in [0.05, 0.1) is 10.8 Å². The van der Waals surface area contributed by atoms with Gasteiger partial charge in [0.25, 0.3) is 0 Å². The van der Waals surface area contributed by atoms with Crippen LogP contribution in [0.4, 0.5) is 0 Å². The van der Waals surface area contributed by atoms with E-state index in [9.17, 15) is 9.59 Å². The summed E-state index contributed by atoms with van der Waals surface area (Å²) in [5, 5.41) is 2.88. The molecule has 39 heavy (non-hydrogen) atoms. The predicted molar refractivity (Wildman–Crippen MR) is 166 cm³/mol. The largest absolute Gasteiger partial charge is 0.456 e. The Morgan fingerprint density at radius 1 is 0.692 bits per heavy atom. The summed E-state index contributed by atoms with van der Waals surface area (Å²) in [6.45, 7) is 8.60. The molecule has 2 aromatic heterocycles. The van der Waals surface area contributed by atoms with Crippen molar-refractivity contribution in [2.24, 2.45) is 0 Å². The minimum Gasteiger partial charge on any atom is -0.456 e. The SMILES string of the molecule is CCC(C)c1ccc2oc3cc(CCC(C)c4ccc5sc6cc(C)ccc6c(=O)c5c4)ccc3c(=O)c2c1. The molecule has 2 heterocycles. The van der Waals surface area contributed by atoms with Gasteiger partial charge in [-0.3, -0.25) is 9.59 Å². The van der Waals surface area contributed by atoms with E-state index < -0.39 is 0 Å². The van der Waals surface area contributed by atoms with Crippen LogP contribution in [0.15, 0.2) is 86.8 Å². The molecule has 0 spiro atoms. The fourth-order valence-corrected chi connectivity index (χ4v) is 6.60. The van der Waals surface area contributed by atoms with Crippen molar-refractivity contribution in [1.82, 2.24) is 0 Å². The zero-order valence-corrected chi connectivity index (χ0v) is 23.7. The average Bonchev–Trinajstić information content (AvgIpc) is 2.95. The lowest BCUT2D eigenvalue weighted by Gasteiger charge is -2.13. The summed E-state index contributed by atoms with van der Waals surface area (Å²) in [4.78, 5) is 26.5. The maximum atomic E-state index is 13.3. The summed E-state index contributed by atoms with van der Waals surface area (Å²) in [5.74, 6) is 0.687. The van der Waals surface area contributed by atoms with Crippen LogP contribution >= 0.6 is 11.3 Å². The highest BCUT2D eigenvalue weighted by molar-refractivity contribution is 7.24. The van der Waals surface area contributed by atoms with Crippen molar-refractivity contribution < 1.29 is 4.42 Å². The second-order valence-electron chi connectivity index (χ2n) is 11.0. The van der Waals surface area contributed by atoms with Crippen molar-refractivity contribution in [1.29, 1.82) is 0 Å². The molecule has 0 saturated heterocycles. The monoisotopic (exact) mass is 532 g/mol. The topological polar surface area (TPSA) is 47.3 Å². The van der Waals surface area contributed by atoms with E-state index in [1.165, 1.54) is 16.7 Å². The summed E-state index contributed by atoms with van der Waals surface area (Å²) in [5.41, 5.74) is 6.07. The van der Waals surface area contributed by atoms with E-state index in [1.54, 1.807) is 11.3 Å². The first kappa shape index (κ1) is 25.5. The molecule has 0 aliphatic carbocycles. The molecule has 6 aromatic rings. The first-order chi connectivity index (χ1) is 18.8. The minimum atomic E-state index is 0.0321. The van der Waals surface area contributed by atoms with Crippen LogP contribution in [0.2, 0.25) is 0 Å². The van der Waals surface area contributed by atoms with Crippen molar-refractivity contribution in [3.63, 3.8) is 0 Å². The molecule has 0 saturated carbocycles. The lowest BCUT2D eigenvalue weighted by atomic mass is 9.93. The molecule has 3 nitrogen and oxygen atoms in total. The van der Waals surface area contributed by atoms with Crippen LogP contribution in [0.3, 0.4) is 0 Å². The van der Waals surface area contributed by atoms with E-state index in [-0.39, 0.29) is 16.8 Å². The highest BCUT2D eigenvalue weighted by Gasteiger charge is 2.14. The van der Waals surface area contributed by atoms with Crippen LogP contribution in [0.1, 0.15) is 67.7 Å². The lowest BCUT2D eigenvalue weighted by molar-refractivity contribution is 0.654. The first-order valence-electron chi connectivity index (χ1n) is 13.8. The fraction of sp³-hybridized carbons (Fsp3) is 0.257. The molecule has 0 amide bonds. The van der Waals surface area contributed by atoms with Crippen LogP contribution in [-0.4, -0.2) is 0 Å². The van der Waals surface area contributed by atoms with Gasteiger partial charge < -0.3 is 4.42 Å². The molecule has 0 N–H and O–H groups in total. The third-order valence-electron chi connectivity index (χ3n) is 8.23. The third-order valence-corrected chi connectivity index (χ3v) is 9.36. The molecule has 0 bridgehead atoms. The van der Waals surface area contributed by atoms with Crippen molar-refractivity contribution in [2.45, 2.75) is 58.8 Å². The normalized spacial score (nSPS) is 13.4. The predicted octanol–water partition coefficient (Wildman–Crippen LogP) is 9.23. The molecule has 6 rings (SSSR count). The van der Waals surface area contributed by atoms with Crippen LogP contribution in [0.5, 0.6) is 0 Å². The van der Waals surface area contributed by atoms with Gasteiger partial charge in [0.15, 0.2) is 5.43 Å². The quantitative estimate of drug-likeness (QED) is 0.201. The average molecular weight is 533 g/mol. The number of aryl methyl sites for hydroxylation is 2. The van der Waals surface area contributed by atoms with Crippen LogP contribution in [0.25, 0.3) is 42.1 Å². The van der Waals surface area contributed by atoms with E-state index in [0.717, 1.165) is 45.0 Å². The maximum absolute atomic E-state index is 13.3. The van der Waals surface area contributed by atoms with Gasteiger partial charge in [-0.1, -0.05) is 45.0 Å². The van der Waals surface area contributed by atoms with Crippen molar-refractivity contribution in [2.75, 3.05) is 0 Å². The molecular formula is C35H32O3S. The van der Waals surface area contributed by atoms with Gasteiger partial charge in [-0.2, -0.15) is 0 Å². The standard InChI is InChI=1S/C35H32O3S/c1-5-21(3)24-10-14-30-28(18-24)34(36)26-13-9-23(17-31(26)38-30)8-7-22(4)25-11-15-32-29(19-25)35(37)27-12-6-20(2)16-33(27)39-32/h6,9-19,21-22H,5,7-8H2,1-4H3. The Morgan fingerprint density at radius 3 is 2.23 bits per heavy atom. The maximum Gasteiger partial charge on any atom is 0.200 e. The smallest absolute Gasteiger partial charge is 0.200 e. The van der Waals surface area contributed by atoms with Crippen molar-refractivity contribution in [3.8, 4) is 0 Å². The molecular weight excluding hydrogens is 500 g/mol. The van der Waals surface area contributed by atoms with Gasteiger partial charge in [0, 0.05) is 20.2 Å². The first-order valence-corrected chi connectivity index (χ1v) is 14.6. The van der Waals surface area contributed by atoms with Gasteiger partial charge in [0.2, 0.25) is 5.43 Å². The Labute approximate surface area is 231 Å². The van der Waals surface area contributed by atoms with Gasteiger partial charge >= 0.3 is 0 Å². The van der Waals surface area contributed by atoms with E-state index in [4.69, 9.17) is 4.42 Å². The van der Waals surface area contributed by atoms with Gasteiger partial charge in [-0.05, 0) is 109 Å². The van der Waals surface area contributed by atoms with Gasteiger partial charge in [-0.25, -0.2) is 0 Å². The van der Waals surface area contributed by atoms with E-state index in [1.807, 2.05) is 42.5 Å². The van der Waals surface area contributed by atoms with Crippen LogP contribution < -0.4 is 10.9 Å². The van der Waals surface area contributed by atoms with Crippen molar-refractivity contribution in [3.05, 3.63) is 115 Å². The molecule has 2 unspecified atom stereocenters. The van der Waals surface area contributed by atoms with Crippen LogP contribution in [0, 0.1) is 6.92 Å². The molecule has 4 heteroatoms. The highest BCUT2D eigenvalue weighted by atomic mass is 32.1. The number of hydrogen-bond donors (Lipinski definition) is 0. The minimum absolute atomic E-state index is 0.0321. The number of benzene rings is 4. The fourth-order valence-electron chi connectivity index (χ4n) is 5.45.